The van der Waals surface area contributed by atoms with Crippen LogP contribution in [0.5, 0.6) is 0 Å². The van der Waals surface area contributed by atoms with Crippen LogP contribution in [-0.4, -0.2) is 22.9 Å². The van der Waals surface area contributed by atoms with Gasteiger partial charge in [0.1, 0.15) is 6.67 Å². The van der Waals surface area contributed by atoms with Crippen LogP contribution in [0.1, 0.15) is 61.8 Å². The summed E-state index contributed by atoms with van der Waals surface area (Å²) in [7, 11) is 0. The molecule has 0 spiro atoms. The predicted molar refractivity (Wildman–Crippen MR) is 105 cm³/mol. The van der Waals surface area contributed by atoms with Gasteiger partial charge in [-0.1, -0.05) is 76.2 Å². The molecule has 1 fully saturated rings. The van der Waals surface area contributed by atoms with Gasteiger partial charge in [0.25, 0.3) is 0 Å². The highest BCUT2D eigenvalue weighted by molar-refractivity contribution is 5.26. The van der Waals surface area contributed by atoms with Gasteiger partial charge in [-0.25, -0.2) is 0 Å². The van der Waals surface area contributed by atoms with Crippen LogP contribution in [0.15, 0.2) is 48.5 Å². The molecule has 1 saturated heterocycles. The maximum absolute atomic E-state index is 3.53. The van der Waals surface area contributed by atoms with E-state index in [0.29, 0.717) is 11.8 Å². The SMILES string of the molecule is CC(C)c1ccc(CN2[C]N(Cc3ccc(C(C)C)cc3)CC2)cc1. The molecule has 1 heterocycles. The summed E-state index contributed by atoms with van der Waals surface area (Å²) in [5, 5.41) is 0. The fraction of sp³-hybridized carbons (Fsp3) is 0.435. The number of hydrogen-bond acceptors (Lipinski definition) is 2. The molecule has 2 aromatic carbocycles. The van der Waals surface area contributed by atoms with Crippen LogP contribution in [-0.2, 0) is 13.1 Å². The zero-order valence-corrected chi connectivity index (χ0v) is 16.0. The highest BCUT2D eigenvalue weighted by Gasteiger charge is 2.21. The van der Waals surface area contributed by atoms with E-state index in [1.165, 1.54) is 22.3 Å². The average Bonchev–Trinajstić information content (AvgIpc) is 3.02. The Labute approximate surface area is 153 Å². The molecule has 1 aliphatic rings. The summed E-state index contributed by atoms with van der Waals surface area (Å²) in [6, 6.07) is 18.0. The quantitative estimate of drug-likeness (QED) is 0.712. The van der Waals surface area contributed by atoms with Crippen molar-refractivity contribution >= 4 is 0 Å². The summed E-state index contributed by atoms with van der Waals surface area (Å²) >= 11 is 0. The van der Waals surface area contributed by atoms with E-state index in [1.54, 1.807) is 0 Å². The molecule has 0 bridgehead atoms. The Kier molecular flexibility index (Phi) is 5.93. The zero-order chi connectivity index (χ0) is 17.8. The first-order valence-corrected chi connectivity index (χ1v) is 9.45. The van der Waals surface area contributed by atoms with E-state index in [2.05, 4.69) is 92.7 Å². The van der Waals surface area contributed by atoms with E-state index in [1.807, 2.05) is 0 Å². The minimum Gasteiger partial charge on any atom is -0.274 e. The van der Waals surface area contributed by atoms with Crippen LogP contribution in [0.25, 0.3) is 0 Å². The Bertz CT molecular complexity index is 596. The summed E-state index contributed by atoms with van der Waals surface area (Å²) < 4.78 is 0. The second kappa shape index (κ2) is 8.16. The molecule has 132 valence electrons. The van der Waals surface area contributed by atoms with Crippen molar-refractivity contribution in [1.82, 2.24) is 9.80 Å². The number of nitrogens with zero attached hydrogens (tertiary/aromatic N) is 2. The first-order chi connectivity index (χ1) is 12.0. The fourth-order valence-electron chi connectivity index (χ4n) is 3.23. The van der Waals surface area contributed by atoms with Gasteiger partial charge >= 0.3 is 0 Å². The normalized spacial score (nSPS) is 16.2. The van der Waals surface area contributed by atoms with Crippen LogP contribution in [0.2, 0.25) is 0 Å². The molecule has 0 aliphatic carbocycles. The number of rotatable bonds is 6. The van der Waals surface area contributed by atoms with Gasteiger partial charge in [0.15, 0.2) is 0 Å². The summed E-state index contributed by atoms with van der Waals surface area (Å²) in [6.45, 7) is 16.5. The van der Waals surface area contributed by atoms with E-state index in [-0.39, 0.29) is 0 Å². The lowest BCUT2D eigenvalue weighted by Gasteiger charge is -2.17. The topological polar surface area (TPSA) is 6.48 Å². The van der Waals surface area contributed by atoms with Crippen molar-refractivity contribution in [2.75, 3.05) is 13.1 Å². The van der Waals surface area contributed by atoms with Crippen molar-refractivity contribution in [2.45, 2.75) is 52.6 Å². The molecule has 0 atom stereocenters. The second-order valence-electron chi connectivity index (χ2n) is 7.74. The lowest BCUT2D eigenvalue weighted by atomic mass is 10.0. The molecule has 25 heavy (non-hydrogen) atoms. The van der Waals surface area contributed by atoms with E-state index in [9.17, 15) is 0 Å². The largest absolute Gasteiger partial charge is 0.274 e. The van der Waals surface area contributed by atoms with Crippen molar-refractivity contribution in [3.63, 3.8) is 0 Å². The van der Waals surface area contributed by atoms with Gasteiger partial charge in [0.2, 0.25) is 0 Å². The number of hydrogen-bond donors (Lipinski definition) is 0. The Morgan fingerprint density at radius 1 is 0.680 bits per heavy atom. The van der Waals surface area contributed by atoms with Gasteiger partial charge in [0.05, 0.1) is 0 Å². The maximum Gasteiger partial charge on any atom is 0.147 e. The fourth-order valence-corrected chi connectivity index (χ4v) is 3.23. The molecule has 0 saturated carbocycles. The minimum atomic E-state index is 0.594. The molecule has 0 unspecified atom stereocenters. The average molecular weight is 335 g/mol. The van der Waals surface area contributed by atoms with Crippen molar-refractivity contribution < 1.29 is 0 Å². The first kappa shape index (κ1) is 18.2. The van der Waals surface area contributed by atoms with Crippen LogP contribution < -0.4 is 0 Å². The lowest BCUT2D eigenvalue weighted by molar-refractivity contribution is 0.313. The van der Waals surface area contributed by atoms with Crippen LogP contribution in [0.4, 0.5) is 0 Å². The summed E-state index contributed by atoms with van der Waals surface area (Å²) in [5.41, 5.74) is 5.54. The monoisotopic (exact) mass is 334 g/mol. The lowest BCUT2D eigenvalue weighted by Crippen LogP contribution is -2.19. The molecule has 2 nitrogen and oxygen atoms in total. The van der Waals surface area contributed by atoms with Gasteiger partial charge in [-0.3, -0.25) is 9.80 Å². The third-order valence-corrected chi connectivity index (χ3v) is 4.96. The van der Waals surface area contributed by atoms with Crippen molar-refractivity contribution in [1.29, 1.82) is 0 Å². The van der Waals surface area contributed by atoms with Crippen LogP contribution in [0.3, 0.4) is 0 Å². The Hall–Kier alpha value is -1.64. The Morgan fingerprint density at radius 2 is 1.04 bits per heavy atom. The second-order valence-corrected chi connectivity index (χ2v) is 7.74. The van der Waals surface area contributed by atoms with E-state index in [0.717, 1.165) is 26.2 Å². The van der Waals surface area contributed by atoms with Crippen LogP contribution >= 0.6 is 0 Å². The van der Waals surface area contributed by atoms with Crippen molar-refractivity contribution in [2.24, 2.45) is 0 Å². The minimum absolute atomic E-state index is 0.594. The standard InChI is InChI=1S/C23H30N2/c1-18(2)22-9-5-20(6-10-22)15-24-13-14-25(17-24)16-21-7-11-23(12-8-21)19(3)4/h5-12,18-19H,13-16H2,1-4H3. The van der Waals surface area contributed by atoms with Gasteiger partial charge in [0, 0.05) is 26.2 Å². The van der Waals surface area contributed by atoms with Crippen molar-refractivity contribution in [3.8, 4) is 0 Å². The summed E-state index contributed by atoms with van der Waals surface area (Å²) in [5.74, 6) is 1.19. The highest BCUT2D eigenvalue weighted by Crippen LogP contribution is 2.20. The van der Waals surface area contributed by atoms with Gasteiger partial charge in [-0.05, 0) is 34.1 Å². The molecule has 2 radical (unpaired) electrons. The number of benzene rings is 2. The van der Waals surface area contributed by atoms with Gasteiger partial charge in [-0.15, -0.1) is 0 Å². The van der Waals surface area contributed by atoms with E-state index in [4.69, 9.17) is 0 Å². The van der Waals surface area contributed by atoms with E-state index >= 15 is 0 Å². The summed E-state index contributed by atoms with van der Waals surface area (Å²) in [6.07, 6.45) is 0. The van der Waals surface area contributed by atoms with Gasteiger partial charge in [-0.2, -0.15) is 0 Å². The molecule has 2 aromatic rings. The Morgan fingerprint density at radius 3 is 1.36 bits per heavy atom. The summed E-state index contributed by atoms with van der Waals surface area (Å²) in [4.78, 5) is 4.60. The van der Waals surface area contributed by atoms with Gasteiger partial charge < -0.3 is 0 Å². The molecule has 0 amide bonds. The molecule has 1 aliphatic heterocycles. The van der Waals surface area contributed by atoms with E-state index < -0.39 is 0 Å². The molecule has 0 aromatic heterocycles. The molecule has 0 N–H and O–H groups in total. The third kappa shape index (κ3) is 4.93. The molecule has 3 rings (SSSR count). The first-order valence-electron chi connectivity index (χ1n) is 9.45. The molecule has 2 heteroatoms. The zero-order valence-electron chi connectivity index (χ0n) is 16.0. The smallest absolute Gasteiger partial charge is 0.147 e. The van der Waals surface area contributed by atoms with Crippen LogP contribution in [0, 0.1) is 6.67 Å². The third-order valence-electron chi connectivity index (χ3n) is 4.96. The molecular formula is C23H30N2. The van der Waals surface area contributed by atoms with Crippen molar-refractivity contribution in [3.05, 3.63) is 77.5 Å². The predicted octanol–water partition coefficient (Wildman–Crippen LogP) is 5.25. The Balaban J connectivity index is 1.51. The maximum atomic E-state index is 3.53. The highest BCUT2D eigenvalue weighted by atomic mass is 15.4. The molecular weight excluding hydrogens is 304 g/mol.